The van der Waals surface area contributed by atoms with Crippen LogP contribution in [0.15, 0.2) is 6.20 Å². The number of Topliss-reactive ketones (excluding diaryl/α,β-unsaturated/α-hetero) is 1. The van der Waals surface area contributed by atoms with Crippen molar-refractivity contribution in [1.29, 1.82) is 0 Å². The second-order valence-electron chi connectivity index (χ2n) is 4.59. The molecule has 0 unspecified atom stereocenters. The van der Waals surface area contributed by atoms with E-state index in [2.05, 4.69) is 20.7 Å². The number of carbonyl (C=O) groups excluding carboxylic acids is 2. The number of aromatic amines is 1. The molecule has 94 valence electrons. The van der Waals surface area contributed by atoms with E-state index in [0.29, 0.717) is 0 Å². The van der Waals surface area contributed by atoms with E-state index in [1.54, 1.807) is 27.7 Å². The Morgan fingerprint density at radius 2 is 2.12 bits per heavy atom. The van der Waals surface area contributed by atoms with E-state index in [4.69, 9.17) is 4.74 Å². The maximum atomic E-state index is 11.7. The van der Waals surface area contributed by atoms with Crippen LogP contribution in [-0.2, 0) is 4.74 Å². The average Bonchev–Trinajstić information content (AvgIpc) is 2.65. The molecule has 0 aromatic carbocycles. The monoisotopic (exact) mass is 240 g/mol. The van der Waals surface area contributed by atoms with Gasteiger partial charge in [-0.15, -0.1) is 5.10 Å². The normalized spacial score (nSPS) is 12.9. The van der Waals surface area contributed by atoms with Gasteiger partial charge in [0.2, 0.25) is 5.78 Å². The first-order chi connectivity index (χ1) is 7.79. The lowest BCUT2D eigenvalue weighted by molar-refractivity contribution is 0.0496. The quantitative estimate of drug-likeness (QED) is 0.765. The number of alkyl carbamates (subject to hydrolysis) is 1. The van der Waals surface area contributed by atoms with E-state index in [-0.39, 0.29) is 11.5 Å². The number of H-pyrrole nitrogens is 1. The second-order valence-corrected chi connectivity index (χ2v) is 4.59. The predicted octanol–water partition coefficient (Wildman–Crippen LogP) is 0.901. The zero-order chi connectivity index (χ0) is 13.1. The zero-order valence-corrected chi connectivity index (χ0v) is 10.3. The van der Waals surface area contributed by atoms with Crippen LogP contribution in [0.1, 0.15) is 38.2 Å². The molecule has 1 amide bonds. The molecule has 7 nitrogen and oxygen atoms in total. The minimum atomic E-state index is -0.713. The minimum absolute atomic E-state index is 0.175. The highest BCUT2D eigenvalue weighted by Gasteiger charge is 2.22. The molecule has 1 aromatic rings. The van der Waals surface area contributed by atoms with Crippen LogP contribution in [0.3, 0.4) is 0 Å². The molecule has 0 saturated heterocycles. The van der Waals surface area contributed by atoms with Crippen LogP contribution in [0.2, 0.25) is 0 Å². The number of hydrogen-bond donors (Lipinski definition) is 2. The molecule has 0 fully saturated rings. The summed E-state index contributed by atoms with van der Waals surface area (Å²) < 4.78 is 5.03. The fourth-order valence-electron chi connectivity index (χ4n) is 1.09. The van der Waals surface area contributed by atoms with Crippen LogP contribution in [0.4, 0.5) is 4.79 Å². The first-order valence-corrected chi connectivity index (χ1v) is 5.20. The number of rotatable bonds is 3. The number of nitrogens with one attached hydrogen (secondary N) is 2. The smallest absolute Gasteiger partial charge is 0.408 e. The first kappa shape index (κ1) is 13.1. The molecule has 1 rings (SSSR count). The Hall–Kier alpha value is -1.92. The fraction of sp³-hybridized carbons (Fsp3) is 0.600. The highest BCUT2D eigenvalue weighted by Crippen LogP contribution is 2.07. The van der Waals surface area contributed by atoms with Gasteiger partial charge >= 0.3 is 6.09 Å². The largest absolute Gasteiger partial charge is 0.444 e. The number of ketones is 1. The Bertz CT molecular complexity index is 394. The molecule has 1 aromatic heterocycles. The lowest BCUT2D eigenvalue weighted by atomic mass is 10.2. The summed E-state index contributed by atoms with van der Waals surface area (Å²) in [5.74, 6) is -0.329. The third-order valence-electron chi connectivity index (χ3n) is 1.80. The average molecular weight is 240 g/mol. The molecule has 1 atom stereocenters. The molecule has 0 bridgehead atoms. The highest BCUT2D eigenvalue weighted by atomic mass is 16.6. The number of hydrogen-bond acceptors (Lipinski definition) is 5. The summed E-state index contributed by atoms with van der Waals surface area (Å²) in [6.45, 7) is 6.80. The van der Waals surface area contributed by atoms with Crippen LogP contribution in [-0.4, -0.2) is 38.9 Å². The summed E-state index contributed by atoms with van der Waals surface area (Å²) in [5, 5.41) is 11.9. The number of carbonyl (C=O) groups is 2. The molecule has 0 aliphatic rings. The molecule has 1 heterocycles. The van der Waals surface area contributed by atoms with Gasteiger partial charge in [0.05, 0.1) is 12.2 Å². The van der Waals surface area contributed by atoms with Gasteiger partial charge < -0.3 is 10.1 Å². The minimum Gasteiger partial charge on any atom is -0.444 e. The standard InChI is InChI=1S/C10H16N4O3/c1-6(8(15)7-5-11-14-13-7)12-9(16)17-10(2,3)4/h5-6H,1-4H3,(H,12,16)(H,11,13,14)/t6-/m0/s1. The van der Waals surface area contributed by atoms with Crippen molar-refractivity contribution in [1.82, 2.24) is 20.7 Å². The van der Waals surface area contributed by atoms with E-state index in [1.807, 2.05) is 0 Å². The summed E-state index contributed by atoms with van der Waals surface area (Å²) in [4.78, 5) is 23.1. The van der Waals surface area contributed by atoms with Crippen LogP contribution in [0, 0.1) is 0 Å². The number of amides is 1. The van der Waals surface area contributed by atoms with Gasteiger partial charge in [-0.05, 0) is 27.7 Å². The Kier molecular flexibility index (Phi) is 3.82. The Morgan fingerprint density at radius 1 is 1.47 bits per heavy atom. The van der Waals surface area contributed by atoms with Crippen LogP contribution in [0.5, 0.6) is 0 Å². The van der Waals surface area contributed by atoms with Crippen LogP contribution >= 0.6 is 0 Å². The third kappa shape index (κ3) is 4.21. The summed E-state index contributed by atoms with van der Waals surface area (Å²) in [7, 11) is 0. The fourth-order valence-corrected chi connectivity index (χ4v) is 1.09. The molecule has 0 spiro atoms. The summed E-state index contributed by atoms with van der Waals surface area (Å²) in [5.41, 5.74) is -0.422. The van der Waals surface area contributed by atoms with Gasteiger partial charge in [-0.25, -0.2) is 4.79 Å². The predicted molar refractivity (Wildman–Crippen MR) is 59.5 cm³/mol. The van der Waals surface area contributed by atoms with E-state index in [0.717, 1.165) is 0 Å². The topological polar surface area (TPSA) is 97.0 Å². The first-order valence-electron chi connectivity index (χ1n) is 5.20. The maximum Gasteiger partial charge on any atom is 0.408 e. The van der Waals surface area contributed by atoms with Gasteiger partial charge in [-0.2, -0.15) is 0 Å². The molecule has 0 radical (unpaired) electrons. The van der Waals surface area contributed by atoms with E-state index < -0.39 is 17.7 Å². The van der Waals surface area contributed by atoms with Crippen LogP contribution in [0.25, 0.3) is 0 Å². The summed E-state index contributed by atoms with van der Waals surface area (Å²) in [6, 6.07) is -0.713. The Balaban J connectivity index is 2.52. The molecule has 17 heavy (non-hydrogen) atoms. The molecule has 0 aliphatic carbocycles. The van der Waals surface area contributed by atoms with Crippen molar-refractivity contribution in [3.8, 4) is 0 Å². The van der Waals surface area contributed by atoms with E-state index in [1.165, 1.54) is 6.20 Å². The second kappa shape index (κ2) is 4.94. The van der Waals surface area contributed by atoms with Gasteiger partial charge in [-0.3, -0.25) is 9.89 Å². The SMILES string of the molecule is C[C@H](NC(=O)OC(C)(C)C)C(=O)c1c[nH]nn1. The van der Waals surface area contributed by atoms with E-state index in [9.17, 15) is 9.59 Å². The number of ether oxygens (including phenoxy) is 1. The zero-order valence-electron chi connectivity index (χ0n) is 10.3. The number of nitrogens with zero attached hydrogens (tertiary/aromatic N) is 2. The lowest BCUT2D eigenvalue weighted by Gasteiger charge is -2.21. The van der Waals surface area contributed by atoms with E-state index >= 15 is 0 Å². The lowest BCUT2D eigenvalue weighted by Crippen LogP contribution is -2.41. The third-order valence-corrected chi connectivity index (χ3v) is 1.80. The van der Waals surface area contributed by atoms with Crippen molar-refractivity contribution in [3.63, 3.8) is 0 Å². The maximum absolute atomic E-state index is 11.7. The molecular weight excluding hydrogens is 224 g/mol. The van der Waals surface area contributed by atoms with Gasteiger partial charge in [0.1, 0.15) is 5.60 Å². The van der Waals surface area contributed by atoms with Crippen molar-refractivity contribution in [2.75, 3.05) is 0 Å². The van der Waals surface area contributed by atoms with Crippen molar-refractivity contribution < 1.29 is 14.3 Å². The van der Waals surface area contributed by atoms with Crippen molar-refractivity contribution in [3.05, 3.63) is 11.9 Å². The Labute approximate surface area is 98.9 Å². The van der Waals surface area contributed by atoms with Crippen molar-refractivity contribution in [2.45, 2.75) is 39.3 Å². The molecule has 7 heteroatoms. The highest BCUT2D eigenvalue weighted by molar-refractivity contribution is 5.99. The van der Waals surface area contributed by atoms with Crippen LogP contribution < -0.4 is 5.32 Å². The molecule has 2 N–H and O–H groups in total. The van der Waals surface area contributed by atoms with Gasteiger partial charge in [0, 0.05) is 0 Å². The molecular formula is C10H16N4O3. The van der Waals surface area contributed by atoms with Crippen molar-refractivity contribution in [2.24, 2.45) is 0 Å². The van der Waals surface area contributed by atoms with Gasteiger partial charge in [0.25, 0.3) is 0 Å². The molecule has 0 saturated carbocycles. The van der Waals surface area contributed by atoms with Gasteiger partial charge in [-0.1, -0.05) is 5.21 Å². The Morgan fingerprint density at radius 3 is 2.59 bits per heavy atom. The van der Waals surface area contributed by atoms with Gasteiger partial charge in [0.15, 0.2) is 5.69 Å². The van der Waals surface area contributed by atoms with Crippen molar-refractivity contribution >= 4 is 11.9 Å². The molecule has 0 aliphatic heterocycles. The summed E-state index contributed by atoms with van der Waals surface area (Å²) >= 11 is 0. The number of aromatic nitrogens is 3. The summed E-state index contributed by atoms with van der Waals surface area (Å²) in [6.07, 6.45) is 0.733.